The molecular formula is C13H16N4O3. The minimum absolute atomic E-state index is 0.104. The summed E-state index contributed by atoms with van der Waals surface area (Å²) in [7, 11) is 1.44. The molecule has 7 nitrogen and oxygen atoms in total. The van der Waals surface area contributed by atoms with Gasteiger partial charge in [0.1, 0.15) is 5.75 Å². The van der Waals surface area contributed by atoms with Crippen molar-refractivity contribution >= 4 is 11.9 Å². The molecule has 0 unspecified atom stereocenters. The van der Waals surface area contributed by atoms with Gasteiger partial charge in [-0.05, 0) is 31.0 Å². The Balaban J connectivity index is 1.90. The summed E-state index contributed by atoms with van der Waals surface area (Å²) < 4.78 is 10.3. The van der Waals surface area contributed by atoms with Gasteiger partial charge in [-0.25, -0.2) is 5.10 Å². The van der Waals surface area contributed by atoms with E-state index in [9.17, 15) is 4.79 Å². The second-order valence-corrected chi connectivity index (χ2v) is 4.21. The van der Waals surface area contributed by atoms with Crippen molar-refractivity contribution in [2.45, 2.75) is 13.8 Å². The second-order valence-electron chi connectivity index (χ2n) is 4.21. The third-order valence-electron chi connectivity index (χ3n) is 2.82. The average molecular weight is 276 g/mol. The largest absolute Gasteiger partial charge is 0.483 e. The molecule has 0 saturated carbocycles. The maximum Gasteiger partial charge on any atom is 0.336 e. The highest BCUT2D eigenvalue weighted by molar-refractivity contribution is 5.90. The van der Waals surface area contributed by atoms with Crippen LogP contribution < -0.4 is 14.8 Å². The van der Waals surface area contributed by atoms with E-state index in [-0.39, 0.29) is 24.5 Å². The molecule has 0 atom stereocenters. The predicted molar refractivity (Wildman–Crippen MR) is 73.0 cm³/mol. The van der Waals surface area contributed by atoms with Gasteiger partial charge in [-0.15, -0.1) is 5.10 Å². The number of benzene rings is 1. The minimum Gasteiger partial charge on any atom is -0.483 e. The number of hydrogen-bond acceptors (Lipinski definition) is 5. The maximum absolute atomic E-state index is 11.7. The van der Waals surface area contributed by atoms with Crippen molar-refractivity contribution in [2.75, 3.05) is 19.0 Å². The van der Waals surface area contributed by atoms with Crippen LogP contribution in [0.15, 0.2) is 18.2 Å². The van der Waals surface area contributed by atoms with Crippen LogP contribution in [0.4, 0.5) is 5.95 Å². The van der Waals surface area contributed by atoms with E-state index in [1.54, 1.807) is 0 Å². The van der Waals surface area contributed by atoms with Crippen LogP contribution >= 0.6 is 0 Å². The smallest absolute Gasteiger partial charge is 0.336 e. The van der Waals surface area contributed by atoms with Crippen molar-refractivity contribution in [2.24, 2.45) is 0 Å². The first kappa shape index (κ1) is 13.9. The third-order valence-corrected chi connectivity index (χ3v) is 2.82. The molecule has 0 aliphatic carbocycles. The summed E-state index contributed by atoms with van der Waals surface area (Å²) >= 11 is 0. The Bertz CT molecular complexity index is 609. The molecule has 2 N–H and O–H groups in total. The van der Waals surface area contributed by atoms with Gasteiger partial charge < -0.3 is 9.47 Å². The minimum atomic E-state index is -0.329. The lowest BCUT2D eigenvalue weighted by molar-refractivity contribution is -0.118. The first-order valence-electron chi connectivity index (χ1n) is 6.05. The highest BCUT2D eigenvalue weighted by Gasteiger charge is 2.09. The van der Waals surface area contributed by atoms with Crippen molar-refractivity contribution in [1.29, 1.82) is 0 Å². The summed E-state index contributed by atoms with van der Waals surface area (Å²) in [5, 5.41) is 8.78. The number of aromatic nitrogens is 3. The molecular weight excluding hydrogens is 260 g/mol. The molecule has 1 heterocycles. The molecule has 1 amide bonds. The number of ether oxygens (including phenoxy) is 2. The van der Waals surface area contributed by atoms with E-state index in [1.807, 2.05) is 32.0 Å². The number of methoxy groups -OCH3 is 1. The zero-order valence-electron chi connectivity index (χ0n) is 11.6. The number of nitrogens with zero attached hydrogens (tertiary/aromatic N) is 2. The molecule has 20 heavy (non-hydrogen) atoms. The molecule has 7 heteroatoms. The molecule has 0 spiro atoms. The molecule has 0 saturated heterocycles. The van der Waals surface area contributed by atoms with Crippen LogP contribution in [0, 0.1) is 13.8 Å². The number of nitrogens with one attached hydrogen (secondary N) is 2. The van der Waals surface area contributed by atoms with E-state index < -0.39 is 0 Å². The first-order valence-corrected chi connectivity index (χ1v) is 6.05. The van der Waals surface area contributed by atoms with Gasteiger partial charge in [0.25, 0.3) is 5.91 Å². The van der Waals surface area contributed by atoms with Crippen LogP contribution in [0.5, 0.6) is 11.8 Å². The fraction of sp³-hybridized carbons (Fsp3) is 0.308. The van der Waals surface area contributed by atoms with Crippen molar-refractivity contribution in [1.82, 2.24) is 15.2 Å². The van der Waals surface area contributed by atoms with E-state index in [1.165, 1.54) is 7.11 Å². The van der Waals surface area contributed by atoms with Crippen LogP contribution in [0.2, 0.25) is 0 Å². The Morgan fingerprint density at radius 1 is 1.40 bits per heavy atom. The Morgan fingerprint density at radius 3 is 2.90 bits per heavy atom. The van der Waals surface area contributed by atoms with Gasteiger partial charge in [0, 0.05) is 0 Å². The normalized spacial score (nSPS) is 10.2. The molecule has 0 radical (unpaired) electrons. The Labute approximate surface area is 116 Å². The Hall–Kier alpha value is -2.57. The van der Waals surface area contributed by atoms with Crippen molar-refractivity contribution < 1.29 is 14.3 Å². The van der Waals surface area contributed by atoms with Gasteiger partial charge in [-0.2, -0.15) is 4.98 Å². The van der Waals surface area contributed by atoms with Gasteiger partial charge in [-0.1, -0.05) is 12.1 Å². The van der Waals surface area contributed by atoms with E-state index in [2.05, 4.69) is 20.5 Å². The first-order chi connectivity index (χ1) is 9.60. The van der Waals surface area contributed by atoms with E-state index in [4.69, 9.17) is 9.47 Å². The highest BCUT2D eigenvalue weighted by atomic mass is 16.5. The predicted octanol–water partition coefficient (Wildman–Crippen LogP) is 1.45. The number of carbonyl (C=O) groups is 1. The van der Waals surface area contributed by atoms with Crippen molar-refractivity contribution in [3.8, 4) is 11.8 Å². The molecule has 2 rings (SSSR count). The monoisotopic (exact) mass is 276 g/mol. The van der Waals surface area contributed by atoms with Gasteiger partial charge in [0.05, 0.1) is 7.11 Å². The number of H-pyrrole nitrogens is 1. The number of aromatic amines is 1. The zero-order chi connectivity index (χ0) is 14.5. The summed E-state index contributed by atoms with van der Waals surface area (Å²) in [6.07, 6.45) is 0. The lowest BCUT2D eigenvalue weighted by Crippen LogP contribution is -2.21. The number of hydrogen-bond donors (Lipinski definition) is 2. The van der Waals surface area contributed by atoms with Crippen LogP contribution in [-0.4, -0.2) is 34.8 Å². The van der Waals surface area contributed by atoms with Gasteiger partial charge in [0.15, 0.2) is 6.61 Å². The number of amides is 1. The fourth-order valence-electron chi connectivity index (χ4n) is 1.59. The Morgan fingerprint density at radius 2 is 2.20 bits per heavy atom. The van der Waals surface area contributed by atoms with Crippen molar-refractivity contribution in [3.63, 3.8) is 0 Å². The van der Waals surface area contributed by atoms with Crippen molar-refractivity contribution in [3.05, 3.63) is 29.3 Å². The molecule has 1 aromatic carbocycles. The fourth-order valence-corrected chi connectivity index (χ4v) is 1.59. The number of carbonyl (C=O) groups excluding carboxylic acids is 1. The van der Waals surface area contributed by atoms with Gasteiger partial charge in [0.2, 0.25) is 5.95 Å². The summed E-state index contributed by atoms with van der Waals surface area (Å²) in [4.78, 5) is 15.6. The van der Waals surface area contributed by atoms with Crippen LogP contribution in [0.3, 0.4) is 0 Å². The second kappa shape index (κ2) is 6.05. The van der Waals surface area contributed by atoms with E-state index in [0.717, 1.165) is 11.1 Å². The molecule has 0 bridgehead atoms. The lowest BCUT2D eigenvalue weighted by Gasteiger charge is -2.10. The number of anilines is 1. The van der Waals surface area contributed by atoms with E-state index >= 15 is 0 Å². The van der Waals surface area contributed by atoms with Crippen LogP contribution in [0.1, 0.15) is 11.1 Å². The van der Waals surface area contributed by atoms with Gasteiger partial charge >= 0.3 is 6.01 Å². The molecule has 0 aliphatic heterocycles. The van der Waals surface area contributed by atoms with E-state index in [0.29, 0.717) is 5.75 Å². The number of rotatable bonds is 5. The molecule has 106 valence electrons. The average Bonchev–Trinajstić information content (AvgIpc) is 2.88. The lowest BCUT2D eigenvalue weighted by atomic mass is 10.1. The summed E-state index contributed by atoms with van der Waals surface area (Å²) in [6, 6.07) is 5.86. The Kier molecular flexibility index (Phi) is 4.19. The quantitative estimate of drug-likeness (QED) is 0.862. The highest BCUT2D eigenvalue weighted by Crippen LogP contribution is 2.20. The van der Waals surface area contributed by atoms with Crippen LogP contribution in [-0.2, 0) is 4.79 Å². The third kappa shape index (κ3) is 3.25. The van der Waals surface area contributed by atoms with Crippen LogP contribution in [0.25, 0.3) is 0 Å². The SMILES string of the molecule is COc1n[nH]c(NC(=O)COc2cccc(C)c2C)n1. The number of aryl methyl sites for hydroxylation is 1. The summed E-state index contributed by atoms with van der Waals surface area (Å²) in [6.45, 7) is 3.83. The molecule has 1 aromatic heterocycles. The molecule has 2 aromatic rings. The topological polar surface area (TPSA) is 89.1 Å². The molecule has 0 fully saturated rings. The standard InChI is InChI=1S/C13H16N4O3/c1-8-5-4-6-10(9(8)2)20-7-11(18)14-12-15-13(19-3)17-16-12/h4-6H,7H2,1-3H3,(H2,14,15,16,17,18). The molecule has 0 aliphatic rings. The zero-order valence-corrected chi connectivity index (χ0v) is 11.6. The summed E-state index contributed by atoms with van der Waals surface area (Å²) in [5.41, 5.74) is 2.13. The maximum atomic E-state index is 11.7. The van der Waals surface area contributed by atoms with Gasteiger partial charge in [-0.3, -0.25) is 10.1 Å². The summed E-state index contributed by atoms with van der Waals surface area (Å²) in [5.74, 6) is 0.580.